The molecule has 0 aromatic heterocycles. The van der Waals surface area contributed by atoms with Gasteiger partial charge in [-0.3, -0.25) is 14.5 Å². The van der Waals surface area contributed by atoms with Crippen LogP contribution >= 0.6 is 0 Å². The topological polar surface area (TPSA) is 61.9 Å². The summed E-state index contributed by atoms with van der Waals surface area (Å²) in [5.74, 6) is 0.676. The van der Waals surface area contributed by atoms with Crippen LogP contribution in [0.4, 0.5) is 5.69 Å². The average Bonchev–Trinajstić information content (AvgIpc) is 2.80. The molecule has 1 aliphatic heterocycles. The monoisotopic (exact) mass is 319 g/mol. The largest absolute Gasteiger partial charge is 0.495 e. The number of benzene rings is 1. The van der Waals surface area contributed by atoms with Gasteiger partial charge in [0.15, 0.2) is 0 Å². The third-order valence-corrected chi connectivity index (χ3v) is 4.27. The molecule has 23 heavy (non-hydrogen) atoms. The minimum absolute atomic E-state index is 0.0641. The molecule has 0 spiro atoms. The van der Waals surface area contributed by atoms with Crippen molar-refractivity contribution < 1.29 is 14.3 Å². The van der Waals surface area contributed by atoms with Gasteiger partial charge in [-0.05, 0) is 25.5 Å². The van der Waals surface area contributed by atoms with Gasteiger partial charge in [-0.2, -0.15) is 0 Å². The Balaban J connectivity index is 1.98. The summed E-state index contributed by atoms with van der Waals surface area (Å²) in [7, 11) is 1.58. The van der Waals surface area contributed by atoms with Crippen molar-refractivity contribution in [2.24, 2.45) is 0 Å². The summed E-state index contributed by atoms with van der Waals surface area (Å²) < 4.78 is 5.26. The number of hydrogen-bond acceptors (Lipinski definition) is 4. The highest BCUT2D eigenvalue weighted by Crippen LogP contribution is 2.23. The fourth-order valence-corrected chi connectivity index (χ4v) is 2.79. The zero-order chi connectivity index (χ0) is 16.8. The van der Waals surface area contributed by atoms with Crippen molar-refractivity contribution in [3.05, 3.63) is 24.3 Å². The summed E-state index contributed by atoms with van der Waals surface area (Å²) in [4.78, 5) is 28.0. The van der Waals surface area contributed by atoms with Crippen molar-refractivity contribution in [1.29, 1.82) is 0 Å². The van der Waals surface area contributed by atoms with E-state index in [0.717, 1.165) is 19.5 Å². The fraction of sp³-hybridized carbons (Fsp3) is 0.529. The number of nitrogens with zero attached hydrogens (tertiary/aromatic N) is 2. The van der Waals surface area contributed by atoms with Gasteiger partial charge in [0.1, 0.15) is 5.75 Å². The molecule has 0 bridgehead atoms. The number of methoxy groups -OCH3 is 1. The Morgan fingerprint density at radius 3 is 2.61 bits per heavy atom. The molecule has 0 aliphatic carbocycles. The van der Waals surface area contributed by atoms with Crippen LogP contribution in [0, 0.1) is 0 Å². The third kappa shape index (κ3) is 4.45. The Morgan fingerprint density at radius 2 is 1.91 bits per heavy atom. The molecule has 6 nitrogen and oxygen atoms in total. The molecule has 6 heteroatoms. The molecule has 2 amide bonds. The molecule has 1 aliphatic rings. The lowest BCUT2D eigenvalue weighted by Gasteiger charge is -2.27. The van der Waals surface area contributed by atoms with E-state index in [9.17, 15) is 9.59 Å². The van der Waals surface area contributed by atoms with Crippen LogP contribution in [0.15, 0.2) is 24.3 Å². The Kier molecular flexibility index (Phi) is 5.98. The van der Waals surface area contributed by atoms with Crippen LogP contribution in [-0.4, -0.2) is 60.9 Å². The van der Waals surface area contributed by atoms with Crippen LogP contribution in [0.3, 0.4) is 0 Å². The number of carbonyl (C=O) groups is 2. The quantitative estimate of drug-likeness (QED) is 0.915. The van der Waals surface area contributed by atoms with Crippen LogP contribution in [0.25, 0.3) is 0 Å². The minimum atomic E-state index is -0.258. The summed E-state index contributed by atoms with van der Waals surface area (Å²) >= 11 is 0. The molecule has 1 N–H and O–H groups in total. The maximum atomic E-state index is 12.5. The molecule has 2 rings (SSSR count). The molecule has 1 atom stereocenters. The van der Waals surface area contributed by atoms with Gasteiger partial charge in [0.05, 0.1) is 18.8 Å². The van der Waals surface area contributed by atoms with Gasteiger partial charge in [-0.1, -0.05) is 12.1 Å². The van der Waals surface area contributed by atoms with Gasteiger partial charge in [-0.25, -0.2) is 0 Å². The lowest BCUT2D eigenvalue weighted by molar-refractivity contribution is -0.128. The zero-order valence-electron chi connectivity index (χ0n) is 14.0. The summed E-state index contributed by atoms with van der Waals surface area (Å²) in [6, 6.07) is 7.11. The highest BCUT2D eigenvalue weighted by Gasteiger charge is 2.25. The van der Waals surface area contributed by atoms with Crippen molar-refractivity contribution in [2.45, 2.75) is 26.3 Å². The van der Waals surface area contributed by atoms with Crippen molar-refractivity contribution in [3.8, 4) is 5.75 Å². The maximum absolute atomic E-state index is 12.5. The average molecular weight is 319 g/mol. The van der Waals surface area contributed by atoms with E-state index in [0.29, 0.717) is 24.5 Å². The summed E-state index contributed by atoms with van der Waals surface area (Å²) in [6.07, 6.45) is 0.881. The highest BCUT2D eigenvalue weighted by atomic mass is 16.5. The van der Waals surface area contributed by atoms with Crippen LogP contribution in [0.1, 0.15) is 20.3 Å². The SMILES string of the molecule is COc1ccccc1NC(=O)[C@H](C)N1CCCN(C(C)=O)CC1. The van der Waals surface area contributed by atoms with Gasteiger partial charge in [0.2, 0.25) is 11.8 Å². The van der Waals surface area contributed by atoms with Crippen molar-refractivity contribution in [1.82, 2.24) is 9.80 Å². The van der Waals surface area contributed by atoms with Crippen molar-refractivity contribution in [3.63, 3.8) is 0 Å². The first-order valence-electron chi connectivity index (χ1n) is 7.96. The summed E-state index contributed by atoms with van der Waals surface area (Å²) in [6.45, 7) is 6.43. The highest BCUT2D eigenvalue weighted by molar-refractivity contribution is 5.95. The van der Waals surface area contributed by atoms with Gasteiger partial charge in [0, 0.05) is 33.1 Å². The second-order valence-electron chi connectivity index (χ2n) is 5.76. The van der Waals surface area contributed by atoms with E-state index in [4.69, 9.17) is 4.74 Å². The Hall–Kier alpha value is -2.08. The van der Waals surface area contributed by atoms with Crippen LogP contribution in [0.5, 0.6) is 5.75 Å². The zero-order valence-corrected chi connectivity index (χ0v) is 14.0. The molecule has 1 heterocycles. The Labute approximate surface area is 137 Å². The molecular weight excluding hydrogens is 294 g/mol. The van der Waals surface area contributed by atoms with Gasteiger partial charge in [-0.15, -0.1) is 0 Å². The van der Waals surface area contributed by atoms with E-state index in [1.165, 1.54) is 0 Å². The molecule has 1 saturated heterocycles. The number of nitrogens with one attached hydrogen (secondary N) is 1. The summed E-state index contributed by atoms with van der Waals surface area (Å²) in [5.41, 5.74) is 0.673. The van der Waals surface area contributed by atoms with E-state index in [1.54, 1.807) is 14.0 Å². The number of ether oxygens (including phenoxy) is 1. The minimum Gasteiger partial charge on any atom is -0.495 e. The van der Waals surface area contributed by atoms with E-state index in [2.05, 4.69) is 10.2 Å². The predicted molar refractivity (Wildman–Crippen MR) is 89.5 cm³/mol. The molecule has 1 aromatic rings. The first-order chi connectivity index (χ1) is 11.0. The number of hydrogen-bond donors (Lipinski definition) is 1. The van der Waals surface area contributed by atoms with Crippen LogP contribution < -0.4 is 10.1 Å². The third-order valence-electron chi connectivity index (χ3n) is 4.27. The molecular formula is C17H25N3O3. The van der Waals surface area contributed by atoms with Crippen LogP contribution in [-0.2, 0) is 9.59 Å². The number of para-hydroxylation sites is 2. The summed E-state index contributed by atoms with van der Waals surface area (Å²) in [5, 5.41) is 2.93. The van der Waals surface area contributed by atoms with E-state index in [-0.39, 0.29) is 17.9 Å². The first-order valence-corrected chi connectivity index (χ1v) is 7.96. The van der Waals surface area contributed by atoms with E-state index < -0.39 is 0 Å². The Bertz CT molecular complexity index is 562. The molecule has 0 radical (unpaired) electrons. The first kappa shape index (κ1) is 17.3. The lowest BCUT2D eigenvalue weighted by Crippen LogP contribution is -2.44. The van der Waals surface area contributed by atoms with Crippen LogP contribution in [0.2, 0.25) is 0 Å². The number of amides is 2. The number of carbonyl (C=O) groups excluding carboxylic acids is 2. The maximum Gasteiger partial charge on any atom is 0.241 e. The van der Waals surface area contributed by atoms with Gasteiger partial charge >= 0.3 is 0 Å². The lowest BCUT2D eigenvalue weighted by atomic mass is 10.2. The smallest absolute Gasteiger partial charge is 0.241 e. The molecule has 0 saturated carbocycles. The normalized spacial score (nSPS) is 17.3. The van der Waals surface area contributed by atoms with Gasteiger partial charge < -0.3 is 15.0 Å². The standard InChI is InChI=1S/C17H25N3O3/c1-13(19-9-6-10-20(12-11-19)14(2)21)17(22)18-15-7-4-5-8-16(15)23-3/h4-5,7-8,13H,6,9-12H2,1-3H3,(H,18,22)/t13-/m0/s1. The molecule has 126 valence electrons. The van der Waals surface area contributed by atoms with E-state index >= 15 is 0 Å². The van der Waals surface area contributed by atoms with Crippen molar-refractivity contribution in [2.75, 3.05) is 38.6 Å². The predicted octanol–water partition coefficient (Wildman–Crippen LogP) is 1.58. The van der Waals surface area contributed by atoms with Crippen molar-refractivity contribution >= 4 is 17.5 Å². The Morgan fingerprint density at radius 1 is 1.17 bits per heavy atom. The van der Waals surface area contributed by atoms with Gasteiger partial charge in [0.25, 0.3) is 0 Å². The molecule has 1 fully saturated rings. The number of rotatable bonds is 4. The van der Waals surface area contributed by atoms with E-state index in [1.807, 2.05) is 36.1 Å². The number of anilines is 1. The molecule has 1 aromatic carbocycles. The second kappa shape index (κ2) is 7.97. The second-order valence-corrected chi connectivity index (χ2v) is 5.76. The fourth-order valence-electron chi connectivity index (χ4n) is 2.79. The molecule has 0 unspecified atom stereocenters.